The first-order valence-electron chi connectivity index (χ1n) is 4.75. The van der Waals surface area contributed by atoms with Crippen LogP contribution in [0.4, 0.5) is 0 Å². The molecule has 0 spiro atoms. The molecule has 0 bridgehead atoms. The van der Waals surface area contributed by atoms with Crippen LogP contribution in [-0.2, 0) is 16.6 Å². The van der Waals surface area contributed by atoms with Crippen LogP contribution in [0.3, 0.4) is 0 Å². The highest BCUT2D eigenvalue weighted by molar-refractivity contribution is 7.89. The van der Waals surface area contributed by atoms with E-state index in [0.717, 1.165) is 5.69 Å². The average molecular weight is 253 g/mol. The fourth-order valence-electron chi connectivity index (χ4n) is 1.39. The van der Waals surface area contributed by atoms with Crippen LogP contribution < -0.4 is 10.9 Å². The highest BCUT2D eigenvalue weighted by atomic mass is 32.2. The molecular formula is C9H11N5O2S. The number of hydrogen-bond acceptors (Lipinski definition) is 5. The topological polar surface area (TPSA) is 117 Å². The molecule has 4 N–H and O–H groups in total. The van der Waals surface area contributed by atoms with E-state index in [2.05, 4.69) is 10.3 Å². The number of rotatable bonds is 3. The Morgan fingerprint density at radius 3 is 2.41 bits per heavy atom. The van der Waals surface area contributed by atoms with Crippen molar-refractivity contribution in [3.05, 3.63) is 36.2 Å². The van der Waals surface area contributed by atoms with Gasteiger partial charge in [-0.2, -0.15) is 0 Å². The first-order chi connectivity index (χ1) is 8.02. The zero-order valence-corrected chi connectivity index (χ0v) is 9.63. The van der Waals surface area contributed by atoms with Crippen molar-refractivity contribution < 1.29 is 8.42 Å². The standard InChI is InChI=1S/C9H11N5O2S/c10-5-8-6-12-13-14(8)7-1-3-9(4-2-7)17(11,15)16/h1-4,6H,5,10H2,(H2,11,15,16). The minimum Gasteiger partial charge on any atom is -0.325 e. The molecule has 0 aliphatic rings. The van der Waals surface area contributed by atoms with Crippen LogP contribution in [0.25, 0.3) is 5.69 Å². The molecule has 90 valence electrons. The van der Waals surface area contributed by atoms with Gasteiger partial charge in [0.15, 0.2) is 0 Å². The van der Waals surface area contributed by atoms with Crippen LogP contribution in [0, 0.1) is 0 Å². The summed E-state index contributed by atoms with van der Waals surface area (Å²) in [6.45, 7) is 0.296. The van der Waals surface area contributed by atoms with Crippen molar-refractivity contribution in [3.8, 4) is 5.69 Å². The first kappa shape index (κ1) is 11.7. The Bertz CT molecular complexity index is 617. The average Bonchev–Trinajstić information content (AvgIpc) is 2.76. The summed E-state index contributed by atoms with van der Waals surface area (Å²) < 4.78 is 23.7. The van der Waals surface area contributed by atoms with Gasteiger partial charge in [-0.3, -0.25) is 0 Å². The van der Waals surface area contributed by atoms with Gasteiger partial charge in [0, 0.05) is 6.54 Å². The third-order valence-corrected chi connectivity index (χ3v) is 3.17. The molecule has 0 atom stereocenters. The molecule has 2 aromatic rings. The summed E-state index contributed by atoms with van der Waals surface area (Å²) in [6.07, 6.45) is 1.55. The van der Waals surface area contributed by atoms with Crippen molar-refractivity contribution in [3.63, 3.8) is 0 Å². The monoisotopic (exact) mass is 253 g/mol. The Balaban J connectivity index is 2.43. The van der Waals surface area contributed by atoms with E-state index in [0.29, 0.717) is 12.2 Å². The molecular weight excluding hydrogens is 242 g/mol. The largest absolute Gasteiger partial charge is 0.325 e. The predicted molar refractivity (Wildman–Crippen MR) is 60.6 cm³/mol. The van der Waals surface area contributed by atoms with Crippen molar-refractivity contribution in [2.75, 3.05) is 0 Å². The van der Waals surface area contributed by atoms with E-state index in [9.17, 15) is 8.42 Å². The van der Waals surface area contributed by atoms with Crippen LogP contribution in [0.15, 0.2) is 35.4 Å². The van der Waals surface area contributed by atoms with Crippen LogP contribution in [0.5, 0.6) is 0 Å². The molecule has 7 nitrogen and oxygen atoms in total. The molecule has 0 saturated heterocycles. The maximum absolute atomic E-state index is 11.1. The molecule has 1 aromatic carbocycles. The maximum Gasteiger partial charge on any atom is 0.238 e. The molecule has 17 heavy (non-hydrogen) atoms. The maximum atomic E-state index is 11.1. The third-order valence-electron chi connectivity index (χ3n) is 2.24. The molecule has 0 fully saturated rings. The van der Waals surface area contributed by atoms with Gasteiger partial charge in [-0.05, 0) is 24.3 Å². The minimum absolute atomic E-state index is 0.0515. The second-order valence-electron chi connectivity index (χ2n) is 3.38. The third kappa shape index (κ3) is 2.33. The van der Waals surface area contributed by atoms with Gasteiger partial charge in [0.25, 0.3) is 0 Å². The Morgan fingerprint density at radius 2 is 1.88 bits per heavy atom. The van der Waals surface area contributed by atoms with Gasteiger partial charge < -0.3 is 5.73 Å². The molecule has 0 amide bonds. The second kappa shape index (κ2) is 4.24. The highest BCUT2D eigenvalue weighted by Gasteiger charge is 2.09. The SMILES string of the molecule is NCc1cnnn1-c1ccc(S(N)(=O)=O)cc1. The van der Waals surface area contributed by atoms with Gasteiger partial charge in [0.1, 0.15) is 0 Å². The molecule has 0 aliphatic heterocycles. The smallest absolute Gasteiger partial charge is 0.238 e. The Kier molecular flexibility index (Phi) is 2.92. The van der Waals surface area contributed by atoms with Crippen molar-refractivity contribution >= 4 is 10.0 Å². The van der Waals surface area contributed by atoms with Gasteiger partial charge >= 0.3 is 0 Å². The van der Waals surface area contributed by atoms with E-state index in [1.807, 2.05) is 0 Å². The van der Waals surface area contributed by atoms with Crippen molar-refractivity contribution in [1.82, 2.24) is 15.0 Å². The predicted octanol–water partition coefficient (Wildman–Crippen LogP) is -0.627. The number of primary sulfonamides is 1. The fraction of sp³-hybridized carbons (Fsp3) is 0.111. The lowest BCUT2D eigenvalue weighted by Crippen LogP contribution is -2.12. The summed E-state index contributed by atoms with van der Waals surface area (Å²) in [6, 6.07) is 6.00. The number of nitrogens with zero attached hydrogens (tertiary/aromatic N) is 3. The fourth-order valence-corrected chi connectivity index (χ4v) is 1.91. The number of nitrogens with two attached hydrogens (primary N) is 2. The van der Waals surface area contributed by atoms with E-state index < -0.39 is 10.0 Å². The molecule has 0 unspecified atom stereocenters. The number of hydrogen-bond donors (Lipinski definition) is 2. The normalized spacial score (nSPS) is 11.6. The van der Waals surface area contributed by atoms with Crippen molar-refractivity contribution in [1.29, 1.82) is 0 Å². The number of benzene rings is 1. The Hall–Kier alpha value is -1.77. The molecule has 0 saturated carbocycles. The summed E-state index contributed by atoms with van der Waals surface area (Å²) in [7, 11) is -3.67. The molecule has 1 heterocycles. The zero-order valence-electron chi connectivity index (χ0n) is 8.81. The van der Waals surface area contributed by atoms with E-state index in [-0.39, 0.29) is 4.90 Å². The van der Waals surface area contributed by atoms with Crippen LogP contribution in [0.2, 0.25) is 0 Å². The molecule has 1 aromatic heterocycles. The summed E-state index contributed by atoms with van der Waals surface area (Å²) in [5, 5.41) is 12.6. The molecule has 0 aliphatic carbocycles. The van der Waals surface area contributed by atoms with Gasteiger partial charge in [0.2, 0.25) is 10.0 Å². The zero-order chi connectivity index (χ0) is 12.5. The molecule has 8 heteroatoms. The van der Waals surface area contributed by atoms with Gasteiger partial charge in [0.05, 0.1) is 22.5 Å². The first-order valence-corrected chi connectivity index (χ1v) is 6.30. The lowest BCUT2D eigenvalue weighted by Gasteiger charge is -2.05. The highest BCUT2D eigenvalue weighted by Crippen LogP contribution is 2.13. The Morgan fingerprint density at radius 1 is 1.24 bits per heavy atom. The molecule has 2 rings (SSSR count). The van der Waals surface area contributed by atoms with Gasteiger partial charge in [-0.1, -0.05) is 5.21 Å². The second-order valence-corrected chi connectivity index (χ2v) is 4.94. The number of aromatic nitrogens is 3. The van der Waals surface area contributed by atoms with E-state index in [1.54, 1.807) is 18.3 Å². The lowest BCUT2D eigenvalue weighted by molar-refractivity contribution is 0.597. The van der Waals surface area contributed by atoms with E-state index >= 15 is 0 Å². The summed E-state index contributed by atoms with van der Waals surface area (Å²) >= 11 is 0. The summed E-state index contributed by atoms with van der Waals surface area (Å²) in [4.78, 5) is 0.0515. The van der Waals surface area contributed by atoms with Crippen LogP contribution in [0.1, 0.15) is 5.69 Å². The minimum atomic E-state index is -3.67. The van der Waals surface area contributed by atoms with E-state index in [1.165, 1.54) is 16.8 Å². The van der Waals surface area contributed by atoms with Crippen molar-refractivity contribution in [2.24, 2.45) is 10.9 Å². The van der Waals surface area contributed by atoms with Crippen LogP contribution in [-0.4, -0.2) is 23.4 Å². The summed E-state index contributed by atoms with van der Waals surface area (Å²) in [5.74, 6) is 0. The lowest BCUT2D eigenvalue weighted by atomic mass is 10.3. The van der Waals surface area contributed by atoms with E-state index in [4.69, 9.17) is 10.9 Å². The van der Waals surface area contributed by atoms with Crippen LogP contribution >= 0.6 is 0 Å². The number of sulfonamides is 1. The van der Waals surface area contributed by atoms with Gasteiger partial charge in [-0.15, -0.1) is 5.10 Å². The van der Waals surface area contributed by atoms with Crippen molar-refractivity contribution in [2.45, 2.75) is 11.4 Å². The quantitative estimate of drug-likeness (QED) is 0.755. The molecule has 0 radical (unpaired) electrons. The van der Waals surface area contributed by atoms with Gasteiger partial charge in [-0.25, -0.2) is 18.2 Å². The Labute approximate surface area is 98.1 Å². The summed E-state index contributed by atoms with van der Waals surface area (Å²) in [5.41, 5.74) is 6.92.